The third-order valence-corrected chi connectivity index (χ3v) is 5.51. The van der Waals surface area contributed by atoms with Crippen LogP contribution in [-0.4, -0.2) is 28.5 Å². The van der Waals surface area contributed by atoms with Crippen molar-refractivity contribution in [1.82, 2.24) is 4.57 Å². The molecule has 9 heteroatoms. The lowest BCUT2D eigenvalue weighted by Crippen LogP contribution is -2.28. The van der Waals surface area contributed by atoms with Gasteiger partial charge in [0, 0.05) is 17.7 Å². The van der Waals surface area contributed by atoms with Gasteiger partial charge in [0.1, 0.15) is 6.04 Å². The van der Waals surface area contributed by atoms with Crippen LogP contribution >= 0.6 is 11.3 Å². The van der Waals surface area contributed by atoms with Crippen molar-refractivity contribution in [3.8, 4) is 0 Å². The molecule has 8 nitrogen and oxygen atoms in total. The van der Waals surface area contributed by atoms with E-state index in [4.69, 9.17) is 4.74 Å². The maximum Gasteiger partial charge on any atom is 0.328 e. The Balaban J connectivity index is 2.24. The third kappa shape index (κ3) is 4.09. The minimum atomic E-state index is -0.709. The van der Waals surface area contributed by atoms with E-state index in [-0.39, 0.29) is 10.5 Å². The van der Waals surface area contributed by atoms with Gasteiger partial charge >= 0.3 is 5.97 Å². The Labute approximate surface area is 170 Å². The number of carbonyl (C=O) groups is 2. The Kier molecular flexibility index (Phi) is 5.88. The summed E-state index contributed by atoms with van der Waals surface area (Å²) in [7, 11) is 1.29. The van der Waals surface area contributed by atoms with E-state index in [9.17, 15) is 19.7 Å². The highest BCUT2D eigenvalue weighted by atomic mass is 32.1. The van der Waals surface area contributed by atoms with Crippen molar-refractivity contribution in [2.75, 3.05) is 7.11 Å². The highest BCUT2D eigenvalue weighted by molar-refractivity contribution is 7.16. The number of amides is 1. The molecule has 0 fully saturated rings. The average Bonchev–Trinajstić information content (AvgIpc) is 3.05. The van der Waals surface area contributed by atoms with Gasteiger partial charge in [-0.15, -0.1) is 0 Å². The number of non-ortho nitro benzene ring substituents is 1. The molecule has 1 amide bonds. The first kappa shape index (κ1) is 20.4. The zero-order valence-electron chi connectivity index (χ0n) is 16.1. The van der Waals surface area contributed by atoms with Gasteiger partial charge in [-0.1, -0.05) is 36.0 Å². The minimum absolute atomic E-state index is 0.0755. The molecule has 3 aromatic rings. The van der Waals surface area contributed by atoms with Crippen molar-refractivity contribution in [3.05, 3.63) is 68.5 Å². The number of carbonyl (C=O) groups excluding carboxylic acids is 2. The van der Waals surface area contributed by atoms with Crippen LogP contribution in [0.5, 0.6) is 0 Å². The van der Waals surface area contributed by atoms with Crippen LogP contribution in [0.25, 0.3) is 10.2 Å². The third-order valence-electron chi connectivity index (χ3n) is 4.49. The van der Waals surface area contributed by atoms with E-state index < -0.39 is 22.8 Å². The number of nitro groups is 1. The highest BCUT2D eigenvalue weighted by Gasteiger charge is 2.24. The number of nitrogens with zero attached hydrogens (tertiary/aromatic N) is 3. The van der Waals surface area contributed by atoms with E-state index in [2.05, 4.69) is 4.99 Å². The van der Waals surface area contributed by atoms with Gasteiger partial charge in [-0.3, -0.25) is 14.9 Å². The summed E-state index contributed by atoms with van der Waals surface area (Å²) in [4.78, 5) is 40.1. The molecule has 0 saturated carbocycles. The molecule has 0 spiro atoms. The number of benzene rings is 2. The average molecular weight is 413 g/mol. The van der Waals surface area contributed by atoms with Crippen molar-refractivity contribution in [2.24, 2.45) is 4.99 Å². The number of aromatic nitrogens is 1. The number of nitro benzene ring substituents is 1. The van der Waals surface area contributed by atoms with Crippen LogP contribution in [0.3, 0.4) is 0 Å². The number of rotatable bonds is 5. The minimum Gasteiger partial charge on any atom is -0.467 e. The number of esters is 1. The normalized spacial score (nSPS) is 12.7. The topological polar surface area (TPSA) is 104 Å². The largest absolute Gasteiger partial charge is 0.467 e. The lowest BCUT2D eigenvalue weighted by Gasteiger charge is -2.15. The molecule has 1 aromatic heterocycles. The molecular formula is C20H19N3O5S. The first-order valence-electron chi connectivity index (χ1n) is 8.88. The summed E-state index contributed by atoms with van der Waals surface area (Å²) < 4.78 is 7.07. The van der Waals surface area contributed by atoms with E-state index in [0.717, 1.165) is 16.9 Å². The van der Waals surface area contributed by atoms with Gasteiger partial charge < -0.3 is 9.30 Å². The van der Waals surface area contributed by atoms with Crippen LogP contribution < -0.4 is 4.80 Å². The van der Waals surface area contributed by atoms with Crippen LogP contribution in [0.1, 0.15) is 35.3 Å². The second kappa shape index (κ2) is 8.36. The van der Waals surface area contributed by atoms with Gasteiger partial charge in [0.2, 0.25) is 0 Å². The number of thiazole rings is 1. The summed E-state index contributed by atoms with van der Waals surface area (Å²) in [6.07, 6.45) is 0.404. The summed E-state index contributed by atoms with van der Waals surface area (Å²) in [6.45, 7) is 3.73. The van der Waals surface area contributed by atoms with E-state index in [1.807, 2.05) is 26.0 Å². The molecular weight excluding hydrogens is 394 g/mol. The van der Waals surface area contributed by atoms with Gasteiger partial charge in [-0.05, 0) is 31.5 Å². The molecule has 1 heterocycles. The lowest BCUT2D eigenvalue weighted by atomic mass is 10.1. The number of fused-ring (bicyclic) bond motifs is 1. The number of hydrogen-bond acceptors (Lipinski definition) is 6. The van der Waals surface area contributed by atoms with Crippen LogP contribution in [0, 0.1) is 17.0 Å². The Bertz CT molecular complexity index is 1160. The molecule has 150 valence electrons. The van der Waals surface area contributed by atoms with Gasteiger partial charge in [-0.2, -0.15) is 4.99 Å². The number of aryl methyl sites for hydroxylation is 1. The summed E-state index contributed by atoms with van der Waals surface area (Å²) in [6, 6.07) is 10.6. The Hall–Kier alpha value is -3.33. The zero-order chi connectivity index (χ0) is 21.1. The highest BCUT2D eigenvalue weighted by Crippen LogP contribution is 2.27. The second-order valence-corrected chi connectivity index (χ2v) is 7.40. The van der Waals surface area contributed by atoms with Gasteiger partial charge in [-0.25, -0.2) is 4.79 Å². The molecule has 0 saturated heterocycles. The SMILES string of the molecule is CCC(C(=O)OC)n1c(=NC(=O)c2ccc(C)cc2)sc2cc([N+](=O)[O-])ccc21. The van der Waals surface area contributed by atoms with Gasteiger partial charge in [0.25, 0.3) is 11.6 Å². The number of ether oxygens (including phenoxy) is 1. The molecule has 2 aromatic carbocycles. The van der Waals surface area contributed by atoms with Crippen molar-refractivity contribution >= 4 is 39.1 Å². The van der Waals surface area contributed by atoms with Crippen LogP contribution in [0.15, 0.2) is 47.5 Å². The zero-order valence-corrected chi connectivity index (χ0v) is 16.9. The number of methoxy groups -OCH3 is 1. The summed E-state index contributed by atoms with van der Waals surface area (Å²) in [5.41, 5.74) is 1.93. The van der Waals surface area contributed by atoms with E-state index in [1.165, 1.54) is 19.2 Å². The summed E-state index contributed by atoms with van der Waals surface area (Å²) in [5.74, 6) is -0.936. The second-order valence-electron chi connectivity index (χ2n) is 6.39. The summed E-state index contributed by atoms with van der Waals surface area (Å²) >= 11 is 1.12. The fourth-order valence-corrected chi connectivity index (χ4v) is 4.06. The van der Waals surface area contributed by atoms with E-state index in [1.54, 1.807) is 22.8 Å². The van der Waals surface area contributed by atoms with Crippen molar-refractivity contribution in [3.63, 3.8) is 0 Å². The maximum atomic E-state index is 12.7. The lowest BCUT2D eigenvalue weighted by molar-refractivity contribution is -0.384. The maximum absolute atomic E-state index is 12.7. The number of hydrogen-bond donors (Lipinski definition) is 0. The Morgan fingerprint density at radius 1 is 1.24 bits per heavy atom. The molecule has 1 unspecified atom stereocenters. The molecule has 0 aliphatic rings. The predicted octanol–water partition coefficient (Wildman–Crippen LogP) is 3.78. The first-order chi connectivity index (χ1) is 13.8. The first-order valence-corrected chi connectivity index (χ1v) is 9.70. The van der Waals surface area contributed by atoms with E-state index in [0.29, 0.717) is 22.2 Å². The van der Waals surface area contributed by atoms with Crippen molar-refractivity contribution in [2.45, 2.75) is 26.3 Å². The Morgan fingerprint density at radius 3 is 2.52 bits per heavy atom. The molecule has 0 aliphatic carbocycles. The van der Waals surface area contributed by atoms with Crippen LogP contribution in [-0.2, 0) is 9.53 Å². The molecule has 0 aliphatic heterocycles. The standard InChI is InChI=1S/C20H19N3O5S/c1-4-15(19(25)28-3)22-16-10-9-14(23(26)27)11-17(16)29-20(22)21-18(24)13-7-5-12(2)6-8-13/h5-11,15H,4H2,1-3H3. The molecule has 0 N–H and O–H groups in total. The smallest absolute Gasteiger partial charge is 0.328 e. The summed E-state index contributed by atoms with van der Waals surface area (Å²) in [5, 5.41) is 11.1. The molecule has 0 bridgehead atoms. The predicted molar refractivity (Wildman–Crippen MR) is 109 cm³/mol. The Morgan fingerprint density at radius 2 is 1.93 bits per heavy atom. The molecule has 1 atom stereocenters. The van der Waals surface area contributed by atoms with E-state index >= 15 is 0 Å². The molecule has 29 heavy (non-hydrogen) atoms. The fourth-order valence-electron chi connectivity index (χ4n) is 2.96. The quantitative estimate of drug-likeness (QED) is 0.360. The molecule has 3 rings (SSSR count). The van der Waals surface area contributed by atoms with Crippen LogP contribution in [0.4, 0.5) is 5.69 Å². The van der Waals surface area contributed by atoms with Gasteiger partial charge in [0.05, 0.1) is 22.2 Å². The fraction of sp³-hybridized carbons (Fsp3) is 0.250. The van der Waals surface area contributed by atoms with Crippen molar-refractivity contribution in [1.29, 1.82) is 0 Å². The monoisotopic (exact) mass is 413 g/mol. The van der Waals surface area contributed by atoms with Crippen molar-refractivity contribution < 1.29 is 19.2 Å². The van der Waals surface area contributed by atoms with Gasteiger partial charge in [0.15, 0.2) is 4.80 Å². The molecule has 0 radical (unpaired) electrons. The van der Waals surface area contributed by atoms with Crippen LogP contribution in [0.2, 0.25) is 0 Å².